The van der Waals surface area contributed by atoms with E-state index in [1.807, 2.05) is 0 Å². The van der Waals surface area contributed by atoms with Crippen LogP contribution in [0.3, 0.4) is 0 Å². The maximum atomic E-state index is 13.7. The van der Waals surface area contributed by atoms with E-state index in [0.717, 1.165) is 0 Å². The van der Waals surface area contributed by atoms with Gasteiger partial charge in [-0.2, -0.15) is 111 Å². The first kappa shape index (κ1) is 66.7. The number of unbranched alkanes of at least 4 members (excludes halogenated alkanes) is 2. The summed E-state index contributed by atoms with van der Waals surface area (Å²) < 4.78 is 333. The molecule has 0 bridgehead atoms. The number of rotatable bonds is 17. The van der Waals surface area contributed by atoms with Gasteiger partial charge in [-0.1, -0.05) is 40.8 Å². The predicted octanol–water partition coefficient (Wildman–Crippen LogP) is 11.9. The van der Waals surface area contributed by atoms with Crippen LogP contribution in [0.2, 0.25) is 0 Å². The van der Waals surface area contributed by atoms with Crippen LogP contribution < -0.4 is 51.4 Å². The molecule has 0 N–H and O–H groups in total. The molecule has 60 heavy (non-hydrogen) atoms. The summed E-state index contributed by atoms with van der Waals surface area (Å²) in [4.78, 5) is 0. The van der Waals surface area contributed by atoms with Gasteiger partial charge in [0.15, 0.2) is 0 Å². The van der Waals surface area contributed by atoms with Crippen LogP contribution in [-0.2, 0) is 12.6 Å². The van der Waals surface area contributed by atoms with Crippen molar-refractivity contribution in [1.29, 1.82) is 10.5 Å². The van der Waals surface area contributed by atoms with Gasteiger partial charge < -0.3 is 12.6 Å². The van der Waals surface area contributed by atoms with E-state index in [1.54, 1.807) is 28.0 Å². The smallest absolute Gasteiger partial charge is 0.696 e. The number of hydrogen-bond acceptors (Lipinski definition) is 4. The minimum absolute atomic E-state index is 0. The Balaban J connectivity index is -0.000000483. The molecule has 0 saturated carbocycles. The fourth-order valence-corrected chi connectivity index (χ4v) is 5.72. The molecular formula is C28H28F26IKN2S2. The molecular weight excluding hydrogens is 1090 g/mol. The van der Waals surface area contributed by atoms with Gasteiger partial charge in [0, 0.05) is 18.6 Å². The number of nitrogens with zero attached hydrogens (tertiary/aromatic N) is 2. The van der Waals surface area contributed by atoms with Gasteiger partial charge in [-0.25, -0.2) is 14.0 Å². The summed E-state index contributed by atoms with van der Waals surface area (Å²) in [5, 5.41) is 18.3. The Morgan fingerprint density at radius 2 is 0.700 bits per heavy atom. The number of nitriles is 2. The van der Waals surface area contributed by atoms with Crippen LogP contribution in [-0.4, -0.2) is 70.9 Å². The molecule has 0 aliphatic rings. The van der Waals surface area contributed by atoms with Crippen molar-refractivity contribution in [2.45, 2.75) is 125 Å². The third-order valence-electron chi connectivity index (χ3n) is 7.89. The Hall–Kier alpha value is 0.0964. The summed E-state index contributed by atoms with van der Waals surface area (Å²) in [5.74, 6) is -13.3. The second-order valence-corrected chi connectivity index (χ2v) is 14.3. The molecule has 0 rings (SSSR count). The van der Waals surface area contributed by atoms with Crippen molar-refractivity contribution in [1.82, 2.24) is 0 Å². The Morgan fingerprint density at radius 1 is 0.450 bits per heavy atom. The fourth-order valence-electron chi connectivity index (χ4n) is 4.74. The van der Waals surface area contributed by atoms with Gasteiger partial charge in [0.1, 0.15) is 5.40 Å². The fraction of sp³-hybridized carbons (Fsp3) is 0.929. The summed E-state index contributed by atoms with van der Waals surface area (Å²) in [7, 11) is 0. The van der Waals surface area contributed by atoms with Crippen molar-refractivity contribution in [3.63, 3.8) is 0 Å². The number of thiocyanates is 2. The Bertz CT molecular complexity index is 1250. The SMILES string of the molecule is FC(F)(F)C(CCCCI)CC(CC(F)(C(F)(F)F)C(F)(F)F)C(F)(F)F.N#CSCCCCC(CC(CC(F)(C(F)(F)F)C(F)(F)F)C(F)(F)F)C(F)(F)F.N#C[S-].[K+]. The van der Waals surface area contributed by atoms with Crippen molar-refractivity contribution in [3.8, 4) is 10.8 Å². The van der Waals surface area contributed by atoms with Crippen molar-refractivity contribution >= 4 is 47.0 Å². The Kier molecular flexibility index (Phi) is 29.2. The first-order valence-electron chi connectivity index (χ1n) is 15.5. The van der Waals surface area contributed by atoms with Crippen molar-refractivity contribution in [3.05, 3.63) is 0 Å². The van der Waals surface area contributed by atoms with Crippen LogP contribution in [0.5, 0.6) is 0 Å². The van der Waals surface area contributed by atoms with Gasteiger partial charge in [0.05, 0.1) is 23.7 Å². The predicted molar refractivity (Wildman–Crippen MR) is 166 cm³/mol. The molecule has 0 amide bonds. The van der Waals surface area contributed by atoms with Crippen molar-refractivity contribution < 1.29 is 166 Å². The second-order valence-electron chi connectivity index (χ2n) is 12.1. The van der Waals surface area contributed by atoms with Crippen LogP contribution in [0.15, 0.2) is 0 Å². The van der Waals surface area contributed by atoms with E-state index in [1.165, 1.54) is 5.40 Å². The molecule has 0 fully saturated rings. The summed E-state index contributed by atoms with van der Waals surface area (Å²) in [6.45, 7) is 0. The van der Waals surface area contributed by atoms with Gasteiger partial charge in [-0.3, -0.25) is 0 Å². The van der Waals surface area contributed by atoms with Gasteiger partial charge in [0.25, 0.3) is 11.3 Å². The average molecular weight is 1120 g/mol. The minimum atomic E-state index is -6.81. The topological polar surface area (TPSA) is 47.6 Å². The number of hydrogen-bond donors (Lipinski definition) is 0. The molecule has 0 aromatic carbocycles. The van der Waals surface area contributed by atoms with Crippen LogP contribution in [0, 0.1) is 45.0 Å². The standard InChI is InChI=1S/C14H14F13NS.C13H14F13I.CHNS.K/c15-10(13(22,23)24,14(25,26)27)6-9(12(19,20)21)5-8(11(16,17)18)3-1-2-4-29-7-28;14-9(12(21,22)23,13(24,25)26)6-8(11(18,19)20)5-7(10(15,16)17)3-1-2-4-27;2-1-3;/h8-9H,1-6H2;7-8H,1-6H2;3H;/q;;;+1/p-1. The third kappa shape index (κ3) is 23.3. The maximum Gasteiger partial charge on any atom is 1.00 e. The number of alkyl halides is 27. The second kappa shape index (κ2) is 26.3. The normalized spacial score (nSPS) is 15.8. The van der Waals surface area contributed by atoms with Crippen LogP contribution in [0.1, 0.15) is 64.2 Å². The Labute approximate surface area is 389 Å². The van der Waals surface area contributed by atoms with E-state index in [4.69, 9.17) is 10.5 Å². The van der Waals surface area contributed by atoms with Crippen molar-refractivity contribution in [2.75, 3.05) is 10.2 Å². The van der Waals surface area contributed by atoms with E-state index in [-0.39, 0.29) is 82.8 Å². The molecule has 0 aliphatic carbocycles. The molecule has 0 radical (unpaired) electrons. The largest absolute Gasteiger partial charge is 1.00 e. The van der Waals surface area contributed by atoms with E-state index in [2.05, 4.69) is 12.6 Å². The zero-order valence-electron chi connectivity index (χ0n) is 29.7. The van der Waals surface area contributed by atoms with E-state index < -0.39 is 123 Å². The first-order chi connectivity index (χ1) is 26.0. The molecule has 4 atom stereocenters. The molecule has 0 aliphatic heterocycles. The Morgan fingerprint density at radius 3 is 0.900 bits per heavy atom. The van der Waals surface area contributed by atoms with Crippen LogP contribution in [0.25, 0.3) is 0 Å². The van der Waals surface area contributed by atoms with Gasteiger partial charge >= 0.3 is 101 Å². The molecule has 2 nitrogen and oxygen atoms in total. The molecule has 0 saturated heterocycles. The molecule has 0 spiro atoms. The number of thioether (sulfide) groups is 1. The van der Waals surface area contributed by atoms with Crippen LogP contribution >= 0.6 is 34.4 Å². The van der Waals surface area contributed by atoms with Crippen molar-refractivity contribution in [2.24, 2.45) is 23.7 Å². The zero-order valence-corrected chi connectivity index (χ0v) is 36.6. The molecule has 0 aromatic rings. The number of halogens is 27. The van der Waals surface area contributed by atoms with Crippen LogP contribution in [0.4, 0.5) is 114 Å². The van der Waals surface area contributed by atoms with E-state index >= 15 is 0 Å². The minimum Gasteiger partial charge on any atom is -0.696 e. The molecule has 4 unspecified atom stereocenters. The van der Waals surface area contributed by atoms with E-state index in [0.29, 0.717) is 16.2 Å². The van der Waals surface area contributed by atoms with E-state index in [9.17, 15) is 114 Å². The first-order valence-corrected chi connectivity index (χ1v) is 18.4. The molecule has 352 valence electrons. The third-order valence-corrected chi connectivity index (χ3v) is 9.28. The maximum absolute atomic E-state index is 13.7. The summed E-state index contributed by atoms with van der Waals surface area (Å²) >= 11 is 6.11. The van der Waals surface area contributed by atoms with Gasteiger partial charge in [-0.05, 0) is 54.7 Å². The monoisotopic (exact) mass is 1120 g/mol. The zero-order chi connectivity index (χ0) is 47.9. The molecule has 0 heterocycles. The molecule has 32 heteroatoms. The molecule has 0 aromatic heterocycles. The van der Waals surface area contributed by atoms with Gasteiger partial charge in [-0.15, -0.1) is 0 Å². The quantitative estimate of drug-likeness (QED) is 0.0277. The average Bonchev–Trinajstić information content (AvgIpc) is 2.99. The van der Waals surface area contributed by atoms with Gasteiger partial charge in [0.2, 0.25) is 0 Å². The summed E-state index contributed by atoms with van der Waals surface area (Å²) in [6.07, 6.45) is -62.9. The summed E-state index contributed by atoms with van der Waals surface area (Å²) in [6, 6.07) is 0. The summed E-state index contributed by atoms with van der Waals surface area (Å²) in [5.41, 5.74) is -12.6.